The molecule has 1 aromatic heterocycles. The first-order valence-electron chi connectivity index (χ1n) is 11.1. The lowest BCUT2D eigenvalue weighted by Crippen LogP contribution is -1.94. The standard InChI is InChI=1S/C31H21NO/c1-3-11-22(12-4-1)24-15-7-8-16-25(24)30-26-17-9-10-18-27(26)31(28-19-20-32-21-29(28)30)33-23-13-5-2-6-14-23/h1-21H. The van der Waals surface area contributed by atoms with E-state index in [9.17, 15) is 0 Å². The molecule has 33 heavy (non-hydrogen) atoms. The second kappa shape index (κ2) is 8.25. The first-order valence-corrected chi connectivity index (χ1v) is 11.1. The average Bonchev–Trinajstić information content (AvgIpc) is 2.90. The fourth-order valence-electron chi connectivity index (χ4n) is 4.56. The summed E-state index contributed by atoms with van der Waals surface area (Å²) >= 11 is 0. The quantitative estimate of drug-likeness (QED) is 0.265. The number of aromatic nitrogens is 1. The summed E-state index contributed by atoms with van der Waals surface area (Å²) in [5.74, 6) is 1.67. The molecule has 6 rings (SSSR count). The van der Waals surface area contributed by atoms with Gasteiger partial charge in [0.2, 0.25) is 0 Å². The molecule has 0 radical (unpaired) electrons. The monoisotopic (exact) mass is 423 g/mol. The van der Waals surface area contributed by atoms with Crippen LogP contribution in [0.3, 0.4) is 0 Å². The molecule has 0 aliphatic rings. The van der Waals surface area contributed by atoms with Gasteiger partial charge in [0.05, 0.1) is 0 Å². The maximum Gasteiger partial charge on any atom is 0.143 e. The van der Waals surface area contributed by atoms with Crippen molar-refractivity contribution in [2.75, 3.05) is 0 Å². The molecule has 6 aromatic rings. The molecule has 2 nitrogen and oxygen atoms in total. The Labute approximate surface area is 192 Å². The largest absolute Gasteiger partial charge is 0.456 e. The van der Waals surface area contributed by atoms with Crippen molar-refractivity contribution in [3.63, 3.8) is 0 Å². The number of rotatable bonds is 4. The van der Waals surface area contributed by atoms with E-state index in [2.05, 4.69) is 89.9 Å². The van der Waals surface area contributed by atoms with Gasteiger partial charge < -0.3 is 4.74 Å². The van der Waals surface area contributed by atoms with Crippen LogP contribution in [0.5, 0.6) is 11.5 Å². The van der Waals surface area contributed by atoms with Gasteiger partial charge in [-0.05, 0) is 45.8 Å². The molecular formula is C31H21NO. The molecule has 5 aromatic carbocycles. The minimum absolute atomic E-state index is 0.818. The van der Waals surface area contributed by atoms with Crippen LogP contribution in [0.1, 0.15) is 0 Å². The minimum Gasteiger partial charge on any atom is -0.456 e. The van der Waals surface area contributed by atoms with Crippen LogP contribution in [0, 0.1) is 0 Å². The third-order valence-electron chi connectivity index (χ3n) is 6.02. The Morgan fingerprint density at radius 2 is 1.09 bits per heavy atom. The van der Waals surface area contributed by atoms with Gasteiger partial charge in [0.15, 0.2) is 0 Å². The van der Waals surface area contributed by atoms with Crippen LogP contribution in [0.4, 0.5) is 0 Å². The van der Waals surface area contributed by atoms with E-state index in [4.69, 9.17) is 4.74 Å². The molecule has 0 saturated carbocycles. The van der Waals surface area contributed by atoms with Crippen LogP contribution in [0.15, 0.2) is 128 Å². The zero-order valence-electron chi connectivity index (χ0n) is 18.0. The Morgan fingerprint density at radius 3 is 1.88 bits per heavy atom. The minimum atomic E-state index is 0.818. The molecule has 0 bridgehead atoms. The van der Waals surface area contributed by atoms with Crippen molar-refractivity contribution >= 4 is 21.5 Å². The summed E-state index contributed by atoms with van der Waals surface area (Å²) in [6.45, 7) is 0. The van der Waals surface area contributed by atoms with Gasteiger partial charge in [0.1, 0.15) is 11.5 Å². The van der Waals surface area contributed by atoms with Crippen molar-refractivity contribution in [2.24, 2.45) is 0 Å². The van der Waals surface area contributed by atoms with E-state index in [1.165, 1.54) is 22.3 Å². The van der Waals surface area contributed by atoms with Crippen molar-refractivity contribution in [3.8, 4) is 33.8 Å². The van der Waals surface area contributed by atoms with E-state index in [0.29, 0.717) is 0 Å². The molecule has 0 unspecified atom stereocenters. The summed E-state index contributed by atoms with van der Waals surface area (Å²) in [6, 6.07) is 39.6. The van der Waals surface area contributed by atoms with Crippen LogP contribution in [-0.4, -0.2) is 4.98 Å². The molecule has 2 heteroatoms. The fourth-order valence-corrected chi connectivity index (χ4v) is 4.56. The lowest BCUT2D eigenvalue weighted by Gasteiger charge is -2.19. The van der Waals surface area contributed by atoms with Crippen molar-refractivity contribution in [2.45, 2.75) is 0 Å². The lowest BCUT2D eigenvalue weighted by molar-refractivity contribution is 0.494. The normalized spacial score (nSPS) is 11.0. The molecule has 156 valence electrons. The van der Waals surface area contributed by atoms with Gasteiger partial charge in [-0.2, -0.15) is 0 Å². The van der Waals surface area contributed by atoms with E-state index in [1.807, 2.05) is 42.7 Å². The van der Waals surface area contributed by atoms with E-state index < -0.39 is 0 Å². The highest BCUT2D eigenvalue weighted by molar-refractivity contribution is 6.18. The number of hydrogen-bond acceptors (Lipinski definition) is 2. The molecular weight excluding hydrogens is 402 g/mol. The molecule has 0 aliphatic carbocycles. The third kappa shape index (κ3) is 3.42. The zero-order chi connectivity index (χ0) is 22.0. The maximum absolute atomic E-state index is 6.48. The van der Waals surface area contributed by atoms with Gasteiger partial charge in [-0.1, -0.05) is 97.1 Å². The van der Waals surface area contributed by atoms with Crippen molar-refractivity contribution in [1.82, 2.24) is 4.98 Å². The van der Waals surface area contributed by atoms with Crippen molar-refractivity contribution < 1.29 is 4.74 Å². The Kier molecular flexibility index (Phi) is 4.82. The highest BCUT2D eigenvalue weighted by Gasteiger charge is 2.19. The molecule has 0 amide bonds. The molecule has 0 saturated heterocycles. The molecule has 1 heterocycles. The Hall–Kier alpha value is -4.43. The first kappa shape index (κ1) is 19.3. The predicted octanol–water partition coefficient (Wildman–Crippen LogP) is 8.51. The number of fused-ring (bicyclic) bond motifs is 2. The lowest BCUT2D eigenvalue weighted by atomic mass is 9.88. The SMILES string of the molecule is c1ccc(Oc2c3ccccc3c(-c3ccccc3-c3ccccc3)c3cnccc23)cc1. The third-order valence-corrected chi connectivity index (χ3v) is 6.02. The van der Waals surface area contributed by atoms with Crippen LogP contribution in [0.2, 0.25) is 0 Å². The van der Waals surface area contributed by atoms with Gasteiger partial charge in [0.25, 0.3) is 0 Å². The average molecular weight is 424 g/mol. The second-order valence-electron chi connectivity index (χ2n) is 8.00. The Balaban J connectivity index is 1.70. The van der Waals surface area contributed by atoms with Crippen LogP contribution >= 0.6 is 0 Å². The summed E-state index contributed by atoms with van der Waals surface area (Å²) in [7, 11) is 0. The summed E-state index contributed by atoms with van der Waals surface area (Å²) in [6.07, 6.45) is 3.79. The van der Waals surface area contributed by atoms with E-state index in [1.54, 1.807) is 0 Å². The first-order chi connectivity index (χ1) is 16.4. The van der Waals surface area contributed by atoms with Gasteiger partial charge in [0, 0.05) is 28.6 Å². The molecule has 0 N–H and O–H groups in total. The number of ether oxygens (including phenoxy) is 1. The number of pyridine rings is 1. The number of para-hydroxylation sites is 1. The number of benzene rings is 5. The van der Waals surface area contributed by atoms with Crippen LogP contribution in [0.25, 0.3) is 43.8 Å². The Bertz CT molecular complexity index is 1520. The van der Waals surface area contributed by atoms with Gasteiger partial charge >= 0.3 is 0 Å². The highest BCUT2D eigenvalue weighted by Crippen LogP contribution is 2.46. The van der Waals surface area contributed by atoms with Gasteiger partial charge in [-0.25, -0.2) is 0 Å². The predicted molar refractivity (Wildman–Crippen MR) is 137 cm³/mol. The van der Waals surface area contributed by atoms with Gasteiger partial charge in [-0.15, -0.1) is 0 Å². The van der Waals surface area contributed by atoms with E-state index >= 15 is 0 Å². The topological polar surface area (TPSA) is 22.1 Å². The second-order valence-corrected chi connectivity index (χ2v) is 8.00. The summed E-state index contributed by atoms with van der Waals surface area (Å²) in [5.41, 5.74) is 4.75. The zero-order valence-corrected chi connectivity index (χ0v) is 18.0. The molecule has 0 spiro atoms. The highest BCUT2D eigenvalue weighted by atomic mass is 16.5. The summed E-state index contributed by atoms with van der Waals surface area (Å²) < 4.78 is 6.48. The number of hydrogen-bond donors (Lipinski definition) is 0. The molecule has 0 atom stereocenters. The van der Waals surface area contributed by atoms with Crippen molar-refractivity contribution in [1.29, 1.82) is 0 Å². The van der Waals surface area contributed by atoms with Crippen molar-refractivity contribution in [3.05, 3.63) is 128 Å². The van der Waals surface area contributed by atoms with Crippen LogP contribution in [-0.2, 0) is 0 Å². The molecule has 0 aliphatic heterocycles. The summed E-state index contributed by atoms with van der Waals surface area (Å²) in [4.78, 5) is 4.50. The van der Waals surface area contributed by atoms with Gasteiger partial charge in [-0.3, -0.25) is 4.98 Å². The fraction of sp³-hybridized carbons (Fsp3) is 0. The maximum atomic E-state index is 6.48. The Morgan fingerprint density at radius 1 is 0.485 bits per heavy atom. The van der Waals surface area contributed by atoms with E-state index in [0.717, 1.165) is 33.0 Å². The molecule has 0 fully saturated rings. The summed E-state index contributed by atoms with van der Waals surface area (Å²) in [5, 5.41) is 4.35. The van der Waals surface area contributed by atoms with E-state index in [-0.39, 0.29) is 0 Å². The van der Waals surface area contributed by atoms with Crippen LogP contribution < -0.4 is 4.74 Å². The smallest absolute Gasteiger partial charge is 0.143 e. The number of nitrogens with zero attached hydrogens (tertiary/aromatic N) is 1.